The number of imidazole rings is 1. The van der Waals surface area contributed by atoms with Crippen LogP contribution >= 0.6 is 7.14 Å². The van der Waals surface area contributed by atoms with E-state index < -0.39 is 18.0 Å². The van der Waals surface area contributed by atoms with Gasteiger partial charge in [0.25, 0.3) is 0 Å². The molecule has 0 N–H and O–H groups in total. The zero-order chi connectivity index (χ0) is 41.0. The van der Waals surface area contributed by atoms with Gasteiger partial charge in [0.2, 0.25) is 0 Å². The molecule has 2 spiro atoms. The molecule has 9 aromatic carbocycles. The monoisotopic (exact) mass is 808 g/mol. The molecule has 3 aliphatic carbocycles. The van der Waals surface area contributed by atoms with E-state index in [1.54, 1.807) is 0 Å². The van der Waals surface area contributed by atoms with Crippen molar-refractivity contribution in [1.29, 1.82) is 0 Å². The van der Waals surface area contributed by atoms with Crippen molar-refractivity contribution < 1.29 is 4.57 Å². The van der Waals surface area contributed by atoms with Gasteiger partial charge in [0, 0.05) is 15.9 Å². The van der Waals surface area contributed by atoms with Crippen molar-refractivity contribution >= 4 is 34.1 Å². The maximum Gasteiger partial charge on any atom is 0.175 e. The molecular weight excluding hydrogens is 772 g/mol. The molecule has 0 fully saturated rings. The molecule has 62 heavy (non-hydrogen) atoms. The highest BCUT2D eigenvalue weighted by Gasteiger charge is 2.59. The minimum atomic E-state index is -3.31. The molecule has 2 heterocycles. The number of aromatic nitrogens is 2. The summed E-state index contributed by atoms with van der Waals surface area (Å²) in [5.41, 5.74) is 19.4. The van der Waals surface area contributed by atoms with Crippen molar-refractivity contribution in [2.45, 2.75) is 17.8 Å². The van der Waals surface area contributed by atoms with E-state index in [2.05, 4.69) is 162 Å². The first kappa shape index (κ1) is 34.4. The van der Waals surface area contributed by atoms with Crippen molar-refractivity contribution in [3.8, 4) is 39.1 Å². The molecule has 0 amide bonds. The van der Waals surface area contributed by atoms with Crippen molar-refractivity contribution in [3.05, 3.63) is 257 Å². The molecule has 10 aromatic rings. The number of fused-ring (bicyclic) bond motifs is 18. The zero-order valence-electron chi connectivity index (χ0n) is 33.9. The van der Waals surface area contributed by atoms with E-state index in [1.807, 2.05) is 55.5 Å². The Morgan fingerprint density at radius 1 is 0.419 bits per heavy atom. The third-order valence-corrected chi connectivity index (χ3v) is 17.7. The highest BCUT2D eigenvalue weighted by atomic mass is 31.2. The third-order valence-electron chi connectivity index (χ3n) is 14.6. The molecule has 3 nitrogen and oxygen atoms in total. The summed E-state index contributed by atoms with van der Waals surface area (Å²) >= 11 is 0. The predicted molar refractivity (Wildman–Crippen MR) is 252 cm³/mol. The van der Waals surface area contributed by atoms with Gasteiger partial charge in [-0.1, -0.05) is 176 Å². The summed E-state index contributed by atoms with van der Waals surface area (Å²) in [6.45, 7) is 2.05. The molecule has 1 atom stereocenters. The summed E-state index contributed by atoms with van der Waals surface area (Å²) in [5, 5.41) is 2.52. The van der Waals surface area contributed by atoms with Gasteiger partial charge in [-0.15, -0.1) is 0 Å². The normalized spacial score (nSPS) is 17.2. The summed E-state index contributed by atoms with van der Waals surface area (Å²) in [7, 11) is -3.31. The van der Waals surface area contributed by atoms with Crippen molar-refractivity contribution in [2.75, 3.05) is 0 Å². The largest absolute Gasteiger partial charge is 0.308 e. The second-order valence-electron chi connectivity index (χ2n) is 17.3. The van der Waals surface area contributed by atoms with Crippen LogP contribution in [0.25, 0.3) is 50.1 Å². The van der Waals surface area contributed by atoms with E-state index in [4.69, 9.17) is 4.98 Å². The molecule has 4 heteroatoms. The summed E-state index contributed by atoms with van der Waals surface area (Å²) in [6.07, 6.45) is 0. The molecule has 1 aliphatic heterocycles. The maximum atomic E-state index is 16.2. The van der Waals surface area contributed by atoms with E-state index in [9.17, 15) is 0 Å². The van der Waals surface area contributed by atoms with Crippen molar-refractivity contribution in [2.24, 2.45) is 0 Å². The first-order chi connectivity index (χ1) is 30.6. The first-order valence-electron chi connectivity index (χ1n) is 21.5. The lowest BCUT2D eigenvalue weighted by molar-refractivity contribution is 0.592. The fourth-order valence-corrected chi connectivity index (χ4v) is 15.4. The molecule has 14 rings (SSSR count). The second-order valence-corrected chi connectivity index (χ2v) is 20.0. The number of benzene rings is 9. The topological polar surface area (TPSA) is 34.9 Å². The van der Waals surface area contributed by atoms with E-state index in [0.29, 0.717) is 0 Å². The first-order valence-corrected chi connectivity index (χ1v) is 23.2. The lowest BCUT2D eigenvalue weighted by atomic mass is 9.52. The van der Waals surface area contributed by atoms with Crippen LogP contribution in [0.5, 0.6) is 0 Å². The lowest BCUT2D eigenvalue weighted by Crippen LogP contribution is -2.43. The Bertz CT molecular complexity index is 3560. The molecule has 1 aromatic heterocycles. The van der Waals surface area contributed by atoms with E-state index in [-0.39, 0.29) is 0 Å². The van der Waals surface area contributed by atoms with Gasteiger partial charge >= 0.3 is 0 Å². The Balaban J connectivity index is 1.05. The van der Waals surface area contributed by atoms with Gasteiger partial charge in [0.05, 0.1) is 27.6 Å². The van der Waals surface area contributed by atoms with Crippen LogP contribution in [0.2, 0.25) is 0 Å². The fourth-order valence-electron chi connectivity index (χ4n) is 12.4. The average Bonchev–Trinajstić information content (AvgIpc) is 3.94. The molecular formula is C58H37N2OP. The standard InChI is InChI=1S/C58H37N2OP/c1-36-59-52-28-15-29-54-56(52)60(36)53-33-31-38(35-55(53)62(54,61)39-16-3-2-4-17-39)37-30-32-43-42-20-7-10-23-46(42)58(51(43)34-37)49-26-13-11-24-47(49)57(48-25-12-14-27-50(48)58)44-21-8-5-18-40(44)41-19-6-9-22-45(41)57/h2-35H,1H3. The van der Waals surface area contributed by atoms with Crippen molar-refractivity contribution in [3.63, 3.8) is 0 Å². The Hall–Kier alpha value is -7.32. The van der Waals surface area contributed by atoms with Crippen LogP contribution in [-0.4, -0.2) is 9.55 Å². The highest BCUT2D eigenvalue weighted by Crippen LogP contribution is 2.67. The van der Waals surface area contributed by atoms with Crippen LogP contribution in [0, 0.1) is 6.92 Å². The van der Waals surface area contributed by atoms with E-state index >= 15 is 4.57 Å². The summed E-state index contributed by atoms with van der Waals surface area (Å²) in [5.74, 6) is 0.887. The third kappa shape index (κ3) is 3.91. The van der Waals surface area contributed by atoms with Crippen LogP contribution in [0.3, 0.4) is 0 Å². The number of nitrogens with zero attached hydrogens (tertiary/aromatic N) is 2. The number of hydrogen-bond acceptors (Lipinski definition) is 2. The number of hydrogen-bond donors (Lipinski definition) is 0. The van der Waals surface area contributed by atoms with Crippen molar-refractivity contribution in [1.82, 2.24) is 9.55 Å². The molecule has 0 saturated heterocycles. The number of aryl methyl sites for hydroxylation is 1. The van der Waals surface area contributed by atoms with Gasteiger partial charge < -0.3 is 4.57 Å². The number of rotatable bonds is 2. The Labute approximate surface area is 360 Å². The second kappa shape index (κ2) is 11.9. The summed E-state index contributed by atoms with van der Waals surface area (Å²) in [6, 6.07) is 75.4. The van der Waals surface area contributed by atoms with Gasteiger partial charge in [-0.3, -0.25) is 4.57 Å². The minimum absolute atomic E-state index is 0.495. The van der Waals surface area contributed by atoms with Gasteiger partial charge in [0.1, 0.15) is 5.82 Å². The zero-order valence-corrected chi connectivity index (χ0v) is 34.8. The van der Waals surface area contributed by atoms with Gasteiger partial charge in [0.15, 0.2) is 7.14 Å². The molecule has 290 valence electrons. The van der Waals surface area contributed by atoms with Crippen LogP contribution in [0.4, 0.5) is 0 Å². The van der Waals surface area contributed by atoms with Gasteiger partial charge in [-0.05, 0) is 115 Å². The summed E-state index contributed by atoms with van der Waals surface area (Å²) < 4.78 is 18.4. The minimum Gasteiger partial charge on any atom is -0.308 e. The quantitative estimate of drug-likeness (QED) is 0.163. The van der Waals surface area contributed by atoms with Crippen LogP contribution in [-0.2, 0) is 15.4 Å². The SMILES string of the molecule is Cc1nc2cccc3c2n1-c1ccc(-c2ccc4c(c2)C2(c5ccccc5-4)c4ccccc4C4(c5ccccc5-c5ccccc54)c4ccccc42)cc1P3(=O)c1ccccc1. The molecule has 0 saturated carbocycles. The van der Waals surface area contributed by atoms with Gasteiger partial charge in [-0.25, -0.2) is 4.98 Å². The maximum absolute atomic E-state index is 16.2. The number of para-hydroxylation sites is 1. The lowest BCUT2D eigenvalue weighted by Gasteiger charge is -2.48. The van der Waals surface area contributed by atoms with E-state index in [1.165, 1.54) is 66.8 Å². The smallest absolute Gasteiger partial charge is 0.175 e. The Kier molecular flexibility index (Phi) is 6.63. The van der Waals surface area contributed by atoms with E-state index in [0.717, 1.165) is 49.6 Å². The Morgan fingerprint density at radius 2 is 0.887 bits per heavy atom. The van der Waals surface area contributed by atoms with Crippen LogP contribution in [0.1, 0.15) is 50.3 Å². The van der Waals surface area contributed by atoms with Crippen LogP contribution < -0.4 is 15.9 Å². The molecule has 1 unspecified atom stereocenters. The molecule has 0 radical (unpaired) electrons. The Morgan fingerprint density at radius 3 is 1.47 bits per heavy atom. The average molecular weight is 809 g/mol. The fraction of sp³-hybridized carbons (Fsp3) is 0.0517. The predicted octanol–water partition coefficient (Wildman–Crippen LogP) is 12.0. The molecule has 0 bridgehead atoms. The summed E-state index contributed by atoms with van der Waals surface area (Å²) in [4.78, 5) is 4.96. The highest BCUT2D eigenvalue weighted by molar-refractivity contribution is 7.86. The molecule has 4 aliphatic rings. The van der Waals surface area contributed by atoms with Crippen LogP contribution in [0.15, 0.2) is 206 Å². The van der Waals surface area contributed by atoms with Gasteiger partial charge in [-0.2, -0.15) is 0 Å².